The number of imidazole rings is 1. The van der Waals surface area contributed by atoms with Crippen LogP contribution in [-0.4, -0.2) is 40.2 Å². The van der Waals surface area contributed by atoms with Crippen LogP contribution in [0, 0.1) is 0 Å². The molecule has 0 saturated heterocycles. The van der Waals surface area contributed by atoms with Crippen molar-refractivity contribution in [2.75, 3.05) is 19.4 Å². The van der Waals surface area contributed by atoms with E-state index in [1.54, 1.807) is 19.0 Å². The van der Waals surface area contributed by atoms with Gasteiger partial charge in [-0.2, -0.15) is 0 Å². The third-order valence-corrected chi connectivity index (χ3v) is 4.18. The number of fused-ring (bicyclic) bond motifs is 1. The summed E-state index contributed by atoms with van der Waals surface area (Å²) in [5.74, 6) is -0.159. The topological polar surface area (TPSA) is 66.7 Å². The summed E-state index contributed by atoms with van der Waals surface area (Å²) in [4.78, 5) is 30.1. The van der Waals surface area contributed by atoms with Gasteiger partial charge < -0.3 is 10.2 Å². The molecule has 0 spiro atoms. The first-order valence-corrected chi connectivity index (χ1v) is 7.90. The first-order chi connectivity index (χ1) is 11.0. The van der Waals surface area contributed by atoms with Gasteiger partial charge in [-0.15, -0.1) is 11.3 Å². The van der Waals surface area contributed by atoms with Crippen molar-refractivity contribution in [1.29, 1.82) is 0 Å². The maximum absolute atomic E-state index is 12.2. The molecule has 0 aliphatic rings. The second-order valence-electron chi connectivity index (χ2n) is 5.36. The number of rotatable bonds is 3. The van der Waals surface area contributed by atoms with Crippen LogP contribution in [-0.2, 0) is 4.79 Å². The Hall–Kier alpha value is -2.67. The number of anilines is 1. The lowest BCUT2D eigenvalue weighted by Crippen LogP contribution is -2.22. The number of nitrogens with one attached hydrogen (secondary N) is 1. The van der Waals surface area contributed by atoms with E-state index in [0.717, 1.165) is 21.9 Å². The molecule has 0 aliphatic carbocycles. The summed E-state index contributed by atoms with van der Waals surface area (Å²) in [5, 5.41) is 4.54. The van der Waals surface area contributed by atoms with E-state index in [1.807, 2.05) is 40.2 Å². The minimum Gasteiger partial charge on any atom is -0.343 e. The van der Waals surface area contributed by atoms with E-state index in [4.69, 9.17) is 0 Å². The average molecular weight is 328 g/mol. The third kappa shape index (κ3) is 2.95. The lowest BCUT2D eigenvalue weighted by molar-refractivity contribution is -0.114. The van der Waals surface area contributed by atoms with E-state index in [2.05, 4.69) is 10.3 Å². The summed E-state index contributed by atoms with van der Waals surface area (Å²) in [5.41, 5.74) is 3.06. The molecule has 0 saturated carbocycles. The fourth-order valence-electron chi connectivity index (χ4n) is 2.23. The number of benzene rings is 1. The van der Waals surface area contributed by atoms with Gasteiger partial charge in [0.05, 0.1) is 5.69 Å². The standard InChI is InChI=1S/C16H16N4O2S/c1-10(21)17-12-6-4-11(5-7-12)13-8-20-14(15(22)19(2)3)9-23-16(20)18-13/h4-9H,1-3H3,(H,17,21). The second kappa shape index (κ2) is 5.85. The Kier molecular flexibility index (Phi) is 3.87. The molecule has 0 radical (unpaired) electrons. The summed E-state index contributed by atoms with van der Waals surface area (Å²) >= 11 is 1.43. The highest BCUT2D eigenvalue weighted by molar-refractivity contribution is 7.15. The van der Waals surface area contributed by atoms with Crippen LogP contribution in [0.4, 0.5) is 5.69 Å². The Morgan fingerprint density at radius 3 is 2.52 bits per heavy atom. The zero-order chi connectivity index (χ0) is 16.6. The van der Waals surface area contributed by atoms with Crippen molar-refractivity contribution in [2.45, 2.75) is 6.92 Å². The monoisotopic (exact) mass is 328 g/mol. The summed E-state index contributed by atoms with van der Waals surface area (Å²) in [6.07, 6.45) is 1.86. The third-order valence-electron chi connectivity index (χ3n) is 3.34. The predicted molar refractivity (Wildman–Crippen MR) is 90.8 cm³/mol. The quantitative estimate of drug-likeness (QED) is 0.804. The number of amides is 2. The van der Waals surface area contributed by atoms with Crippen LogP contribution < -0.4 is 5.32 Å². The normalized spacial score (nSPS) is 10.7. The molecule has 0 bridgehead atoms. The Labute approximate surface area is 137 Å². The van der Waals surface area contributed by atoms with Gasteiger partial charge in [-0.1, -0.05) is 12.1 Å². The Morgan fingerprint density at radius 1 is 1.22 bits per heavy atom. The molecule has 118 valence electrons. The van der Waals surface area contributed by atoms with Crippen LogP contribution >= 0.6 is 11.3 Å². The van der Waals surface area contributed by atoms with Crippen LogP contribution in [0.5, 0.6) is 0 Å². The van der Waals surface area contributed by atoms with Crippen molar-refractivity contribution in [3.63, 3.8) is 0 Å². The molecule has 3 aromatic rings. The van der Waals surface area contributed by atoms with E-state index < -0.39 is 0 Å². The summed E-state index contributed by atoms with van der Waals surface area (Å²) in [6, 6.07) is 7.45. The molecule has 2 aromatic heterocycles. The van der Waals surface area contributed by atoms with Gasteiger partial charge in [0.25, 0.3) is 5.91 Å². The number of carbonyl (C=O) groups is 2. The minimum absolute atomic E-state index is 0.0544. The lowest BCUT2D eigenvalue weighted by Gasteiger charge is -2.08. The molecule has 6 nitrogen and oxygen atoms in total. The smallest absolute Gasteiger partial charge is 0.271 e. The average Bonchev–Trinajstić information content (AvgIpc) is 3.06. The predicted octanol–water partition coefficient (Wildman–Crippen LogP) is 2.72. The fraction of sp³-hybridized carbons (Fsp3) is 0.188. The summed E-state index contributed by atoms with van der Waals surface area (Å²) in [6.45, 7) is 1.47. The summed E-state index contributed by atoms with van der Waals surface area (Å²) < 4.78 is 1.81. The highest BCUT2D eigenvalue weighted by Crippen LogP contribution is 2.25. The molecule has 23 heavy (non-hydrogen) atoms. The molecule has 7 heteroatoms. The van der Waals surface area contributed by atoms with Crippen molar-refractivity contribution < 1.29 is 9.59 Å². The molecule has 0 aliphatic heterocycles. The van der Waals surface area contributed by atoms with Gasteiger partial charge in [-0.25, -0.2) is 4.98 Å². The second-order valence-corrected chi connectivity index (χ2v) is 6.19. The van der Waals surface area contributed by atoms with Crippen molar-refractivity contribution in [1.82, 2.24) is 14.3 Å². The summed E-state index contributed by atoms with van der Waals surface area (Å²) in [7, 11) is 3.45. The van der Waals surface area contributed by atoms with Gasteiger partial charge >= 0.3 is 0 Å². The Bertz CT molecular complexity index is 877. The molecular formula is C16H16N4O2S. The highest BCUT2D eigenvalue weighted by atomic mass is 32.1. The molecule has 0 atom stereocenters. The number of thiazole rings is 1. The zero-order valence-corrected chi connectivity index (χ0v) is 13.8. The van der Waals surface area contributed by atoms with Gasteiger partial charge in [0.1, 0.15) is 5.69 Å². The van der Waals surface area contributed by atoms with Crippen LogP contribution in [0.2, 0.25) is 0 Å². The Morgan fingerprint density at radius 2 is 1.91 bits per heavy atom. The maximum atomic E-state index is 12.2. The number of hydrogen-bond acceptors (Lipinski definition) is 4. The van der Waals surface area contributed by atoms with Gasteiger partial charge in [-0.3, -0.25) is 14.0 Å². The van der Waals surface area contributed by atoms with Crippen molar-refractivity contribution in [2.24, 2.45) is 0 Å². The molecule has 3 rings (SSSR count). The first kappa shape index (κ1) is 15.2. The number of aromatic nitrogens is 2. The van der Waals surface area contributed by atoms with Crippen LogP contribution in [0.25, 0.3) is 16.2 Å². The molecule has 1 aromatic carbocycles. The zero-order valence-electron chi connectivity index (χ0n) is 13.0. The van der Waals surface area contributed by atoms with Crippen LogP contribution in [0.15, 0.2) is 35.8 Å². The highest BCUT2D eigenvalue weighted by Gasteiger charge is 2.16. The van der Waals surface area contributed by atoms with Crippen LogP contribution in [0.3, 0.4) is 0 Å². The molecule has 0 fully saturated rings. The first-order valence-electron chi connectivity index (χ1n) is 7.02. The van der Waals surface area contributed by atoms with E-state index in [1.165, 1.54) is 18.3 Å². The number of hydrogen-bond donors (Lipinski definition) is 1. The minimum atomic E-state index is -0.105. The molecule has 0 unspecified atom stereocenters. The fourth-order valence-corrected chi connectivity index (χ4v) is 3.08. The largest absolute Gasteiger partial charge is 0.343 e. The molecule has 2 amide bonds. The maximum Gasteiger partial charge on any atom is 0.271 e. The van der Waals surface area contributed by atoms with E-state index in [-0.39, 0.29) is 11.8 Å². The van der Waals surface area contributed by atoms with E-state index in [9.17, 15) is 9.59 Å². The molecule has 1 N–H and O–H groups in total. The number of carbonyl (C=O) groups excluding carboxylic acids is 2. The van der Waals surface area contributed by atoms with Gasteiger partial charge in [0, 0.05) is 43.8 Å². The van der Waals surface area contributed by atoms with Crippen LogP contribution in [0.1, 0.15) is 17.4 Å². The van der Waals surface area contributed by atoms with Gasteiger partial charge in [0.2, 0.25) is 5.91 Å². The van der Waals surface area contributed by atoms with Crippen molar-refractivity contribution in [3.8, 4) is 11.3 Å². The van der Waals surface area contributed by atoms with Crippen molar-refractivity contribution >= 4 is 33.8 Å². The number of nitrogens with zero attached hydrogens (tertiary/aromatic N) is 3. The lowest BCUT2D eigenvalue weighted by atomic mass is 10.1. The van der Waals surface area contributed by atoms with Crippen molar-refractivity contribution in [3.05, 3.63) is 41.5 Å². The van der Waals surface area contributed by atoms with E-state index >= 15 is 0 Å². The SMILES string of the molecule is CC(=O)Nc1ccc(-c2cn3c(C(=O)N(C)C)csc3n2)cc1. The molecular weight excluding hydrogens is 312 g/mol. The Balaban J connectivity index is 1.94. The van der Waals surface area contributed by atoms with E-state index in [0.29, 0.717) is 5.69 Å². The molecule has 2 heterocycles. The van der Waals surface area contributed by atoms with Gasteiger partial charge in [-0.05, 0) is 12.1 Å². The van der Waals surface area contributed by atoms with Gasteiger partial charge in [0.15, 0.2) is 4.96 Å².